The predicted octanol–water partition coefficient (Wildman–Crippen LogP) is 3.62. The van der Waals surface area contributed by atoms with Gasteiger partial charge < -0.3 is 18.7 Å². The molecule has 1 saturated heterocycles. The van der Waals surface area contributed by atoms with Crippen LogP contribution in [0.5, 0.6) is 11.6 Å². The number of nitrogens with zero attached hydrogens (tertiary/aromatic N) is 7. The third-order valence-electron chi connectivity index (χ3n) is 7.10. The van der Waals surface area contributed by atoms with E-state index in [1.165, 1.54) is 24.9 Å². The summed E-state index contributed by atoms with van der Waals surface area (Å²) in [5.41, 5.74) is -0.962. The van der Waals surface area contributed by atoms with Gasteiger partial charge in [-0.1, -0.05) is 30.3 Å². The molecule has 0 aliphatic carbocycles. The van der Waals surface area contributed by atoms with Crippen LogP contribution in [0.2, 0.25) is 5.28 Å². The number of carbonyl (C=O) groups excluding carboxylic acids is 1. The summed E-state index contributed by atoms with van der Waals surface area (Å²) in [6.45, 7) is 6.00. The lowest BCUT2D eigenvalue weighted by Gasteiger charge is -2.31. The number of benzene rings is 1. The van der Waals surface area contributed by atoms with E-state index in [1.807, 2.05) is 0 Å². The molecule has 45 heavy (non-hydrogen) atoms. The molecule has 19 heteroatoms. The summed E-state index contributed by atoms with van der Waals surface area (Å²) in [5.74, 6) is -0.154. The highest BCUT2D eigenvalue weighted by molar-refractivity contribution is 7.52. The zero-order valence-corrected chi connectivity index (χ0v) is 26.6. The number of tetrazole rings is 1. The van der Waals surface area contributed by atoms with Crippen LogP contribution in [0.3, 0.4) is 0 Å². The van der Waals surface area contributed by atoms with E-state index in [0.717, 1.165) is 0 Å². The van der Waals surface area contributed by atoms with E-state index in [-0.39, 0.29) is 40.3 Å². The molecule has 2 N–H and O–H groups in total. The van der Waals surface area contributed by atoms with Gasteiger partial charge in [0.05, 0.1) is 32.3 Å². The van der Waals surface area contributed by atoms with Crippen LogP contribution in [0.4, 0.5) is 4.39 Å². The number of H-pyrrole nitrogens is 1. The number of carbonyl (C=O) groups is 1. The van der Waals surface area contributed by atoms with Crippen LogP contribution in [0.15, 0.2) is 36.7 Å². The van der Waals surface area contributed by atoms with Crippen LogP contribution in [-0.2, 0) is 29.8 Å². The molecule has 0 bridgehead atoms. The predicted molar refractivity (Wildman–Crippen MR) is 156 cm³/mol. The van der Waals surface area contributed by atoms with Crippen LogP contribution < -0.4 is 14.3 Å². The molecule has 5 rings (SSSR count). The summed E-state index contributed by atoms with van der Waals surface area (Å²) in [5, 5.41) is 16.4. The number of alkyl halides is 1. The Kier molecular flexibility index (Phi) is 9.65. The van der Waals surface area contributed by atoms with Gasteiger partial charge in [0, 0.05) is 11.8 Å². The van der Waals surface area contributed by atoms with Crippen LogP contribution in [0, 0.1) is 5.41 Å². The van der Waals surface area contributed by atoms with Gasteiger partial charge in [-0.25, -0.2) is 13.9 Å². The lowest BCUT2D eigenvalue weighted by molar-refractivity contribution is -0.149. The third kappa shape index (κ3) is 7.07. The molecule has 0 amide bonds. The van der Waals surface area contributed by atoms with Gasteiger partial charge in [-0.05, 0) is 44.5 Å². The zero-order valence-electron chi connectivity index (χ0n) is 25.0. The first kappa shape index (κ1) is 32.6. The second-order valence-corrected chi connectivity index (χ2v) is 12.8. The third-order valence-corrected chi connectivity index (χ3v) is 8.91. The van der Waals surface area contributed by atoms with Gasteiger partial charge in [-0.15, -0.1) is 10.2 Å². The lowest BCUT2D eigenvalue weighted by Crippen LogP contribution is -2.41. The number of halogens is 2. The summed E-state index contributed by atoms with van der Waals surface area (Å²) in [6, 6.07) is 7.16. The van der Waals surface area contributed by atoms with Crippen LogP contribution in [0.1, 0.15) is 39.7 Å². The van der Waals surface area contributed by atoms with Crippen molar-refractivity contribution in [1.82, 2.24) is 45.2 Å². The molecule has 1 aliphatic rings. The minimum atomic E-state index is -4.31. The van der Waals surface area contributed by atoms with E-state index in [9.17, 15) is 9.36 Å². The van der Waals surface area contributed by atoms with Crippen molar-refractivity contribution >= 4 is 36.5 Å². The first-order valence-corrected chi connectivity index (χ1v) is 15.8. The number of imidazole rings is 1. The summed E-state index contributed by atoms with van der Waals surface area (Å²) in [6.07, 6.45) is -3.22. The van der Waals surface area contributed by atoms with Crippen molar-refractivity contribution < 1.29 is 37.0 Å². The van der Waals surface area contributed by atoms with Crippen molar-refractivity contribution in [2.45, 2.75) is 64.8 Å². The zero-order chi connectivity index (χ0) is 32.4. The highest BCUT2D eigenvalue weighted by Gasteiger charge is 2.56. The van der Waals surface area contributed by atoms with E-state index < -0.39 is 56.4 Å². The maximum Gasteiger partial charge on any atom is 0.459 e. The summed E-state index contributed by atoms with van der Waals surface area (Å²) < 4.78 is 60.5. The molecule has 242 valence electrons. The van der Waals surface area contributed by atoms with E-state index in [4.69, 9.17) is 34.9 Å². The van der Waals surface area contributed by atoms with Crippen LogP contribution in [0.25, 0.3) is 11.2 Å². The van der Waals surface area contributed by atoms with Crippen molar-refractivity contribution in [2.24, 2.45) is 5.41 Å². The Morgan fingerprint density at radius 3 is 2.69 bits per heavy atom. The Labute approximate surface area is 261 Å². The van der Waals surface area contributed by atoms with Crippen LogP contribution in [-0.4, -0.2) is 84.3 Å². The maximum atomic E-state index is 16.7. The van der Waals surface area contributed by atoms with Gasteiger partial charge in [-0.2, -0.15) is 20.3 Å². The van der Waals surface area contributed by atoms with Gasteiger partial charge in [0.2, 0.25) is 11.2 Å². The van der Waals surface area contributed by atoms with E-state index in [0.29, 0.717) is 0 Å². The lowest BCUT2D eigenvalue weighted by atomic mass is 9.78. The summed E-state index contributed by atoms with van der Waals surface area (Å²) in [7, 11) is -2.91. The van der Waals surface area contributed by atoms with E-state index in [1.54, 1.807) is 51.1 Å². The molecule has 3 aromatic heterocycles. The molecule has 4 aromatic rings. The number of methoxy groups -OCH3 is 1. The Balaban J connectivity index is 1.46. The average Bonchev–Trinajstić information content (AvgIpc) is 3.71. The Morgan fingerprint density at radius 2 is 2.02 bits per heavy atom. The van der Waals surface area contributed by atoms with E-state index >= 15 is 4.39 Å². The minimum absolute atomic E-state index is 0.0464. The van der Waals surface area contributed by atoms with Crippen molar-refractivity contribution in [3.8, 4) is 11.6 Å². The number of hydrogen-bond donors (Lipinski definition) is 2. The SMILES string of the molecule is COc1nc(Cl)nc2c1ncn2[C@@H]1O[C@H](COP(=O)(N[C@@H](C)C(=O)OC(C)C)Oc2ccccc2)C(C)(Cc2nn[nH]n2)C1F. The number of aromatic amines is 1. The first-order chi connectivity index (χ1) is 21.4. The number of ether oxygens (including phenoxy) is 3. The number of rotatable bonds is 13. The number of fused-ring (bicyclic) bond motifs is 1. The molecule has 0 saturated carbocycles. The molecule has 1 fully saturated rings. The number of nitrogens with one attached hydrogen (secondary N) is 2. The number of esters is 1. The molecule has 6 atom stereocenters. The minimum Gasteiger partial charge on any atom is -0.479 e. The molecule has 1 aromatic carbocycles. The molecule has 3 unspecified atom stereocenters. The Hall–Kier alpha value is -3.76. The fraction of sp³-hybridized carbons (Fsp3) is 0.500. The molecule has 1 aliphatic heterocycles. The topological polar surface area (TPSA) is 190 Å². The van der Waals surface area contributed by atoms with Crippen molar-refractivity contribution in [3.05, 3.63) is 47.8 Å². The van der Waals surface area contributed by atoms with Gasteiger partial charge in [0.15, 0.2) is 29.4 Å². The van der Waals surface area contributed by atoms with E-state index in [2.05, 4.69) is 40.7 Å². The van der Waals surface area contributed by atoms with Gasteiger partial charge in [0.1, 0.15) is 11.8 Å². The Morgan fingerprint density at radius 1 is 1.27 bits per heavy atom. The Bertz CT molecular complexity index is 1670. The summed E-state index contributed by atoms with van der Waals surface area (Å²) >= 11 is 6.10. The number of aromatic nitrogens is 8. The second-order valence-electron chi connectivity index (χ2n) is 10.8. The highest BCUT2D eigenvalue weighted by Crippen LogP contribution is 2.51. The van der Waals surface area contributed by atoms with Crippen molar-refractivity contribution in [3.63, 3.8) is 0 Å². The maximum absolute atomic E-state index is 16.7. The number of para-hydroxylation sites is 1. The second kappa shape index (κ2) is 13.3. The monoisotopic (exact) mass is 667 g/mol. The smallest absolute Gasteiger partial charge is 0.459 e. The van der Waals surface area contributed by atoms with Gasteiger partial charge in [-0.3, -0.25) is 13.9 Å². The fourth-order valence-electron chi connectivity index (χ4n) is 4.84. The van der Waals surface area contributed by atoms with Gasteiger partial charge >= 0.3 is 13.7 Å². The molecule has 0 spiro atoms. The normalized spacial score (nSPS) is 23.6. The van der Waals surface area contributed by atoms with Crippen molar-refractivity contribution in [1.29, 1.82) is 0 Å². The first-order valence-electron chi connectivity index (χ1n) is 13.9. The number of hydrogen-bond acceptors (Lipinski definition) is 13. The highest BCUT2D eigenvalue weighted by atomic mass is 35.5. The molecule has 4 heterocycles. The summed E-state index contributed by atoms with van der Waals surface area (Å²) in [4.78, 5) is 25.1. The standard InChI is InChI=1S/C26H32ClFN9O7P/c1-14(2)42-24(38)15(3)34-45(39,44-16-9-7-6-8-10-16)41-12-17-26(4,11-18-32-35-36-33-18)20(28)23(43-17)37-13-29-19-21(37)30-25(27)31-22(19)40-5/h6-10,13-15,17,20,23H,11-12H2,1-5H3,(H,34,39)(H,32,33,35,36)/t15-,17+,20?,23+,26?,45?/m0/s1. The molecular weight excluding hydrogens is 636 g/mol. The van der Waals surface area contributed by atoms with Crippen molar-refractivity contribution in [2.75, 3.05) is 13.7 Å². The fourth-order valence-corrected chi connectivity index (χ4v) is 6.48. The average molecular weight is 668 g/mol. The molecular formula is C26H32ClFN9O7P. The van der Waals surface area contributed by atoms with Crippen LogP contribution >= 0.6 is 19.3 Å². The largest absolute Gasteiger partial charge is 0.479 e. The van der Waals surface area contributed by atoms with Gasteiger partial charge in [0.25, 0.3) is 0 Å². The molecule has 16 nitrogen and oxygen atoms in total. The quantitative estimate of drug-likeness (QED) is 0.119. The molecule has 0 radical (unpaired) electrons.